The summed E-state index contributed by atoms with van der Waals surface area (Å²) < 4.78 is 9.98. The van der Waals surface area contributed by atoms with Crippen LogP contribution in [0.4, 0.5) is 0 Å². The summed E-state index contributed by atoms with van der Waals surface area (Å²) in [6.07, 6.45) is 1.42. The minimum atomic E-state index is -0.702. The van der Waals surface area contributed by atoms with Crippen molar-refractivity contribution in [2.75, 3.05) is 7.11 Å². The van der Waals surface area contributed by atoms with Crippen molar-refractivity contribution in [2.24, 2.45) is 5.73 Å². The summed E-state index contributed by atoms with van der Waals surface area (Å²) in [6, 6.07) is 1.57. The van der Waals surface area contributed by atoms with Crippen LogP contribution in [0.15, 0.2) is 10.5 Å². The zero-order chi connectivity index (χ0) is 13.3. The molecule has 0 radical (unpaired) electrons. The van der Waals surface area contributed by atoms with Crippen LogP contribution in [0.3, 0.4) is 0 Å². The van der Waals surface area contributed by atoms with Crippen LogP contribution < -0.4 is 11.1 Å². The number of carbonyl (C=O) groups excluding carboxylic acids is 2. The highest BCUT2D eigenvalue weighted by molar-refractivity contribution is 5.91. The summed E-state index contributed by atoms with van der Waals surface area (Å²) in [5, 5.41) is 2.69. The Balaban J connectivity index is 1.98. The van der Waals surface area contributed by atoms with Gasteiger partial charge in [-0.2, -0.15) is 0 Å². The average molecular weight is 252 g/mol. The Morgan fingerprint density at radius 1 is 1.56 bits per heavy atom. The van der Waals surface area contributed by atoms with Crippen molar-refractivity contribution in [3.05, 3.63) is 23.2 Å². The molecule has 3 N–H and O–H groups in total. The molecule has 1 amide bonds. The molecule has 0 spiro atoms. The number of hydrogen-bond acceptors (Lipinski definition) is 5. The van der Waals surface area contributed by atoms with E-state index >= 15 is 0 Å². The summed E-state index contributed by atoms with van der Waals surface area (Å²) in [7, 11) is 1.31. The number of hydrogen-bond donors (Lipinski definition) is 2. The monoisotopic (exact) mass is 252 g/mol. The number of furan rings is 1. The second-order valence-electron chi connectivity index (χ2n) is 4.51. The highest BCUT2D eigenvalue weighted by Crippen LogP contribution is 2.32. The molecule has 98 valence electrons. The van der Waals surface area contributed by atoms with E-state index in [1.165, 1.54) is 7.11 Å². The van der Waals surface area contributed by atoms with E-state index in [4.69, 9.17) is 10.2 Å². The standard InChI is InChI=1S/C12H16N2O4/c1-7-9(10(15)17-2)5-8(18-7)6-14-11(16)12(13)3-4-12/h5H,3-4,6,13H2,1-2H3,(H,14,16). The molecule has 1 aromatic heterocycles. The van der Waals surface area contributed by atoms with Crippen LogP contribution in [0.2, 0.25) is 0 Å². The zero-order valence-electron chi connectivity index (χ0n) is 10.4. The Morgan fingerprint density at radius 3 is 2.78 bits per heavy atom. The molecule has 1 saturated carbocycles. The van der Waals surface area contributed by atoms with Crippen LogP contribution in [0, 0.1) is 6.92 Å². The van der Waals surface area contributed by atoms with E-state index in [9.17, 15) is 9.59 Å². The highest BCUT2D eigenvalue weighted by atomic mass is 16.5. The van der Waals surface area contributed by atoms with Gasteiger partial charge in [0, 0.05) is 0 Å². The lowest BCUT2D eigenvalue weighted by atomic mass is 10.2. The molecule has 6 heteroatoms. The van der Waals surface area contributed by atoms with E-state index in [2.05, 4.69) is 10.1 Å². The van der Waals surface area contributed by atoms with Crippen LogP contribution in [0.5, 0.6) is 0 Å². The molecule has 0 aromatic carbocycles. The lowest BCUT2D eigenvalue weighted by Crippen LogP contribution is -2.42. The van der Waals surface area contributed by atoms with Gasteiger partial charge in [0.05, 0.1) is 19.2 Å². The van der Waals surface area contributed by atoms with Crippen LogP contribution in [-0.4, -0.2) is 24.5 Å². The first-order valence-corrected chi connectivity index (χ1v) is 5.71. The van der Waals surface area contributed by atoms with Crippen molar-refractivity contribution < 1.29 is 18.7 Å². The van der Waals surface area contributed by atoms with Gasteiger partial charge < -0.3 is 20.2 Å². The predicted octanol–water partition coefficient (Wildman–Crippen LogP) is 0.482. The van der Waals surface area contributed by atoms with Crippen molar-refractivity contribution in [3.8, 4) is 0 Å². The second kappa shape index (κ2) is 4.45. The molecule has 0 bridgehead atoms. The van der Waals surface area contributed by atoms with Gasteiger partial charge in [-0.1, -0.05) is 0 Å². The maximum Gasteiger partial charge on any atom is 0.341 e. The van der Waals surface area contributed by atoms with Crippen molar-refractivity contribution in [1.29, 1.82) is 0 Å². The van der Waals surface area contributed by atoms with Crippen molar-refractivity contribution in [1.82, 2.24) is 5.32 Å². The summed E-state index contributed by atoms with van der Waals surface area (Å²) in [4.78, 5) is 23.0. The molecule has 1 fully saturated rings. The molecule has 2 rings (SSSR count). The van der Waals surface area contributed by atoms with Crippen molar-refractivity contribution in [3.63, 3.8) is 0 Å². The highest BCUT2D eigenvalue weighted by Gasteiger charge is 2.45. The molecule has 0 atom stereocenters. The number of carbonyl (C=O) groups is 2. The third kappa shape index (κ3) is 2.38. The number of amides is 1. The van der Waals surface area contributed by atoms with E-state index < -0.39 is 11.5 Å². The first kappa shape index (κ1) is 12.6. The number of rotatable bonds is 4. The number of aryl methyl sites for hydroxylation is 1. The Bertz CT molecular complexity index is 488. The van der Waals surface area contributed by atoms with E-state index in [-0.39, 0.29) is 12.5 Å². The molecule has 0 aliphatic heterocycles. The quantitative estimate of drug-likeness (QED) is 0.760. The van der Waals surface area contributed by atoms with Gasteiger partial charge in [0.15, 0.2) is 0 Å². The Labute approximate surface area is 104 Å². The molecule has 0 unspecified atom stereocenters. The Morgan fingerprint density at radius 2 is 2.22 bits per heavy atom. The minimum absolute atomic E-state index is 0.184. The van der Waals surface area contributed by atoms with Crippen LogP contribution in [0.1, 0.15) is 34.7 Å². The SMILES string of the molecule is COC(=O)c1cc(CNC(=O)C2(N)CC2)oc1C. The fourth-order valence-corrected chi connectivity index (χ4v) is 1.65. The Hall–Kier alpha value is -1.82. The number of nitrogens with two attached hydrogens (primary N) is 1. The maximum absolute atomic E-state index is 11.6. The average Bonchev–Trinajstić information content (AvgIpc) is 2.99. The van der Waals surface area contributed by atoms with Gasteiger partial charge in [0.1, 0.15) is 17.1 Å². The number of methoxy groups -OCH3 is 1. The topological polar surface area (TPSA) is 94.6 Å². The fraction of sp³-hybridized carbons (Fsp3) is 0.500. The number of ether oxygens (including phenoxy) is 1. The minimum Gasteiger partial charge on any atom is -0.465 e. The molecule has 1 aliphatic carbocycles. The molecular formula is C12H16N2O4. The fourth-order valence-electron chi connectivity index (χ4n) is 1.65. The maximum atomic E-state index is 11.6. The predicted molar refractivity (Wildman–Crippen MR) is 62.8 cm³/mol. The molecule has 18 heavy (non-hydrogen) atoms. The van der Waals surface area contributed by atoms with Gasteiger partial charge in [0.25, 0.3) is 0 Å². The van der Waals surface area contributed by atoms with E-state index in [1.807, 2.05) is 0 Å². The first-order valence-electron chi connectivity index (χ1n) is 5.71. The van der Waals surface area contributed by atoms with Gasteiger partial charge >= 0.3 is 5.97 Å². The van der Waals surface area contributed by atoms with Crippen LogP contribution >= 0.6 is 0 Å². The van der Waals surface area contributed by atoms with Gasteiger partial charge in [-0.15, -0.1) is 0 Å². The summed E-state index contributed by atoms with van der Waals surface area (Å²) >= 11 is 0. The van der Waals surface area contributed by atoms with Crippen molar-refractivity contribution in [2.45, 2.75) is 31.8 Å². The van der Waals surface area contributed by atoms with Gasteiger partial charge in [-0.25, -0.2) is 4.79 Å². The van der Waals surface area contributed by atoms with Crippen molar-refractivity contribution >= 4 is 11.9 Å². The number of esters is 1. The summed E-state index contributed by atoms with van der Waals surface area (Å²) in [5.41, 5.74) is 5.41. The third-order valence-corrected chi connectivity index (χ3v) is 3.04. The molecule has 0 saturated heterocycles. The largest absolute Gasteiger partial charge is 0.465 e. The molecular weight excluding hydrogens is 236 g/mol. The molecule has 6 nitrogen and oxygen atoms in total. The number of nitrogens with one attached hydrogen (secondary N) is 1. The van der Waals surface area contributed by atoms with Crippen LogP contribution in [0.25, 0.3) is 0 Å². The smallest absolute Gasteiger partial charge is 0.341 e. The van der Waals surface area contributed by atoms with E-state index in [0.29, 0.717) is 29.9 Å². The van der Waals surface area contributed by atoms with E-state index in [0.717, 1.165) is 0 Å². The Kier molecular flexibility index (Phi) is 3.13. The summed E-state index contributed by atoms with van der Waals surface area (Å²) in [6.45, 7) is 1.89. The lowest BCUT2D eigenvalue weighted by molar-refractivity contribution is -0.123. The summed E-state index contributed by atoms with van der Waals surface area (Å²) in [5.74, 6) is 0.341. The molecule has 1 aliphatic rings. The van der Waals surface area contributed by atoms with Gasteiger partial charge in [0.2, 0.25) is 5.91 Å². The van der Waals surface area contributed by atoms with Gasteiger partial charge in [-0.3, -0.25) is 4.79 Å². The molecule has 1 aromatic rings. The third-order valence-electron chi connectivity index (χ3n) is 3.04. The lowest BCUT2D eigenvalue weighted by Gasteiger charge is -2.08. The first-order chi connectivity index (χ1) is 8.46. The normalized spacial score (nSPS) is 16.2. The second-order valence-corrected chi connectivity index (χ2v) is 4.51. The van der Waals surface area contributed by atoms with Gasteiger partial charge in [-0.05, 0) is 25.8 Å². The molecule has 1 heterocycles. The van der Waals surface area contributed by atoms with E-state index in [1.54, 1.807) is 13.0 Å². The zero-order valence-corrected chi connectivity index (χ0v) is 10.4. The van der Waals surface area contributed by atoms with Crippen LogP contribution in [-0.2, 0) is 16.1 Å².